The lowest BCUT2D eigenvalue weighted by Crippen LogP contribution is -2.42. The quantitative estimate of drug-likeness (QED) is 0.606. The van der Waals surface area contributed by atoms with Gasteiger partial charge in [0.2, 0.25) is 5.91 Å². The third-order valence-corrected chi connectivity index (χ3v) is 3.18. The Hall–Kier alpha value is -1.92. The van der Waals surface area contributed by atoms with E-state index in [1.807, 2.05) is 31.2 Å². The predicted molar refractivity (Wildman–Crippen MR) is 83.3 cm³/mol. The number of hydrogen-bond acceptors (Lipinski definition) is 4. The fourth-order valence-electron chi connectivity index (χ4n) is 2.08. The Morgan fingerprint density at radius 3 is 2.68 bits per heavy atom. The molecule has 0 aliphatic carbocycles. The molecule has 0 spiro atoms. The second-order valence-corrected chi connectivity index (χ2v) is 5.09. The molecule has 0 saturated carbocycles. The first-order valence-electron chi connectivity index (χ1n) is 7.36. The van der Waals surface area contributed by atoms with Crippen molar-refractivity contribution in [1.29, 1.82) is 0 Å². The SMILES string of the molecule is CCCC(NCC(=O)NCc1cccc(COC)c1)C(=O)O. The smallest absolute Gasteiger partial charge is 0.320 e. The minimum atomic E-state index is -0.929. The van der Waals surface area contributed by atoms with Crippen LogP contribution in [0.4, 0.5) is 0 Å². The molecule has 0 bridgehead atoms. The minimum absolute atomic E-state index is 0.00523. The Labute approximate surface area is 130 Å². The number of amides is 1. The van der Waals surface area contributed by atoms with E-state index in [2.05, 4.69) is 10.6 Å². The summed E-state index contributed by atoms with van der Waals surface area (Å²) in [4.78, 5) is 22.7. The molecule has 6 nitrogen and oxygen atoms in total. The fourth-order valence-corrected chi connectivity index (χ4v) is 2.08. The van der Waals surface area contributed by atoms with Crippen molar-refractivity contribution in [2.75, 3.05) is 13.7 Å². The molecular weight excluding hydrogens is 284 g/mol. The average Bonchev–Trinajstić information content (AvgIpc) is 2.50. The van der Waals surface area contributed by atoms with Crippen molar-refractivity contribution < 1.29 is 19.4 Å². The van der Waals surface area contributed by atoms with Crippen LogP contribution in [0.15, 0.2) is 24.3 Å². The molecule has 122 valence electrons. The summed E-state index contributed by atoms with van der Waals surface area (Å²) in [6.45, 7) is 2.84. The molecule has 1 atom stereocenters. The van der Waals surface area contributed by atoms with Gasteiger partial charge in [-0.05, 0) is 17.5 Å². The first-order chi connectivity index (χ1) is 10.6. The number of rotatable bonds is 10. The monoisotopic (exact) mass is 308 g/mol. The van der Waals surface area contributed by atoms with Crippen LogP contribution < -0.4 is 10.6 Å². The normalized spacial score (nSPS) is 11.9. The standard InChI is InChI=1S/C16H24N2O4/c1-3-5-14(16(20)21)17-10-15(19)18-9-12-6-4-7-13(8-12)11-22-2/h4,6-8,14,17H,3,5,9-11H2,1-2H3,(H,18,19)(H,20,21). The molecule has 0 heterocycles. The lowest BCUT2D eigenvalue weighted by Gasteiger charge is -2.13. The van der Waals surface area contributed by atoms with Crippen LogP contribution in [0.25, 0.3) is 0 Å². The van der Waals surface area contributed by atoms with Crippen LogP contribution in [-0.2, 0) is 27.5 Å². The number of carboxylic acid groups (broad SMARTS) is 1. The van der Waals surface area contributed by atoms with E-state index in [-0.39, 0.29) is 12.5 Å². The van der Waals surface area contributed by atoms with Crippen LogP contribution in [0, 0.1) is 0 Å². The number of benzene rings is 1. The predicted octanol–water partition coefficient (Wildman–Crippen LogP) is 1.29. The second-order valence-electron chi connectivity index (χ2n) is 5.09. The van der Waals surface area contributed by atoms with Gasteiger partial charge in [-0.3, -0.25) is 14.9 Å². The highest BCUT2D eigenvalue weighted by atomic mass is 16.5. The number of nitrogens with one attached hydrogen (secondary N) is 2. The summed E-state index contributed by atoms with van der Waals surface area (Å²) in [5.74, 6) is -1.15. The van der Waals surface area contributed by atoms with E-state index in [0.29, 0.717) is 19.6 Å². The molecule has 0 fully saturated rings. The van der Waals surface area contributed by atoms with Gasteiger partial charge in [0.1, 0.15) is 6.04 Å². The van der Waals surface area contributed by atoms with E-state index >= 15 is 0 Å². The van der Waals surface area contributed by atoms with Crippen molar-refractivity contribution in [1.82, 2.24) is 10.6 Å². The van der Waals surface area contributed by atoms with E-state index < -0.39 is 12.0 Å². The zero-order valence-electron chi connectivity index (χ0n) is 13.1. The molecule has 0 radical (unpaired) electrons. The topological polar surface area (TPSA) is 87.7 Å². The molecule has 1 aromatic rings. The van der Waals surface area contributed by atoms with Crippen LogP contribution in [0.5, 0.6) is 0 Å². The highest BCUT2D eigenvalue weighted by molar-refractivity contribution is 5.79. The number of methoxy groups -OCH3 is 1. The highest BCUT2D eigenvalue weighted by Gasteiger charge is 2.16. The highest BCUT2D eigenvalue weighted by Crippen LogP contribution is 2.06. The summed E-state index contributed by atoms with van der Waals surface area (Å²) >= 11 is 0. The van der Waals surface area contributed by atoms with Gasteiger partial charge < -0.3 is 15.2 Å². The summed E-state index contributed by atoms with van der Waals surface area (Å²) < 4.78 is 5.07. The zero-order valence-corrected chi connectivity index (χ0v) is 13.1. The Bertz CT molecular complexity index is 491. The van der Waals surface area contributed by atoms with Gasteiger partial charge in [0, 0.05) is 13.7 Å². The van der Waals surface area contributed by atoms with Crippen LogP contribution in [0.2, 0.25) is 0 Å². The van der Waals surface area contributed by atoms with Crippen LogP contribution in [0.3, 0.4) is 0 Å². The van der Waals surface area contributed by atoms with Crippen molar-refractivity contribution in [3.63, 3.8) is 0 Å². The number of carboxylic acids is 1. The van der Waals surface area contributed by atoms with Gasteiger partial charge >= 0.3 is 5.97 Å². The van der Waals surface area contributed by atoms with E-state index in [4.69, 9.17) is 9.84 Å². The van der Waals surface area contributed by atoms with Crippen LogP contribution in [-0.4, -0.2) is 36.7 Å². The van der Waals surface area contributed by atoms with Gasteiger partial charge in [-0.25, -0.2) is 0 Å². The van der Waals surface area contributed by atoms with E-state index in [1.165, 1.54) is 0 Å². The summed E-state index contributed by atoms with van der Waals surface area (Å²) in [6.07, 6.45) is 1.25. The Balaban J connectivity index is 2.39. The molecule has 0 aromatic heterocycles. The number of ether oxygens (including phenoxy) is 1. The summed E-state index contributed by atoms with van der Waals surface area (Å²) in [6, 6.07) is 7.08. The van der Waals surface area contributed by atoms with Crippen LogP contribution >= 0.6 is 0 Å². The lowest BCUT2D eigenvalue weighted by atomic mass is 10.1. The van der Waals surface area contributed by atoms with Gasteiger partial charge in [0.05, 0.1) is 13.2 Å². The van der Waals surface area contributed by atoms with Crippen molar-refractivity contribution in [2.45, 2.75) is 39.0 Å². The Morgan fingerprint density at radius 2 is 2.05 bits per heavy atom. The van der Waals surface area contributed by atoms with Gasteiger partial charge in [-0.15, -0.1) is 0 Å². The van der Waals surface area contributed by atoms with Gasteiger partial charge in [0.25, 0.3) is 0 Å². The van der Waals surface area contributed by atoms with E-state index in [1.54, 1.807) is 7.11 Å². The second kappa shape index (κ2) is 9.92. The number of hydrogen-bond donors (Lipinski definition) is 3. The Kier molecular flexibility index (Phi) is 8.17. The minimum Gasteiger partial charge on any atom is -0.480 e. The molecule has 0 aliphatic heterocycles. The number of carbonyl (C=O) groups is 2. The van der Waals surface area contributed by atoms with Crippen molar-refractivity contribution >= 4 is 11.9 Å². The molecule has 1 aromatic carbocycles. The third-order valence-electron chi connectivity index (χ3n) is 3.18. The first-order valence-corrected chi connectivity index (χ1v) is 7.36. The van der Waals surface area contributed by atoms with Crippen molar-refractivity contribution in [3.05, 3.63) is 35.4 Å². The van der Waals surface area contributed by atoms with Crippen molar-refractivity contribution in [2.24, 2.45) is 0 Å². The molecule has 0 aliphatic rings. The van der Waals surface area contributed by atoms with Gasteiger partial charge in [-0.2, -0.15) is 0 Å². The van der Waals surface area contributed by atoms with E-state index in [9.17, 15) is 9.59 Å². The first kappa shape index (κ1) is 18.1. The van der Waals surface area contributed by atoms with Gasteiger partial charge in [0.15, 0.2) is 0 Å². The molecule has 0 saturated heterocycles. The Morgan fingerprint density at radius 1 is 1.32 bits per heavy atom. The third kappa shape index (κ3) is 6.69. The maximum absolute atomic E-state index is 11.8. The average molecular weight is 308 g/mol. The molecule has 6 heteroatoms. The maximum atomic E-state index is 11.8. The largest absolute Gasteiger partial charge is 0.480 e. The molecular formula is C16H24N2O4. The van der Waals surface area contributed by atoms with Gasteiger partial charge in [-0.1, -0.05) is 37.6 Å². The molecule has 3 N–H and O–H groups in total. The number of aliphatic carboxylic acids is 1. The lowest BCUT2D eigenvalue weighted by molar-refractivity contribution is -0.139. The fraction of sp³-hybridized carbons (Fsp3) is 0.500. The zero-order chi connectivity index (χ0) is 16.4. The summed E-state index contributed by atoms with van der Waals surface area (Å²) in [5.41, 5.74) is 2.02. The molecule has 1 amide bonds. The summed E-state index contributed by atoms with van der Waals surface area (Å²) in [5, 5.41) is 14.5. The van der Waals surface area contributed by atoms with Crippen LogP contribution in [0.1, 0.15) is 30.9 Å². The molecule has 1 unspecified atom stereocenters. The van der Waals surface area contributed by atoms with E-state index in [0.717, 1.165) is 17.5 Å². The van der Waals surface area contributed by atoms with Crippen molar-refractivity contribution in [3.8, 4) is 0 Å². The summed E-state index contributed by atoms with van der Waals surface area (Å²) in [7, 11) is 1.63. The number of carbonyl (C=O) groups excluding carboxylic acids is 1. The maximum Gasteiger partial charge on any atom is 0.320 e. The molecule has 1 rings (SSSR count). The molecule has 22 heavy (non-hydrogen) atoms.